The highest BCUT2D eigenvalue weighted by Gasteiger charge is 2.35. The van der Waals surface area contributed by atoms with Gasteiger partial charge >= 0.3 is 0 Å². The highest BCUT2D eigenvalue weighted by molar-refractivity contribution is 5.37. The zero-order valence-electron chi connectivity index (χ0n) is 14.0. The minimum atomic E-state index is 0.213. The van der Waals surface area contributed by atoms with Gasteiger partial charge < -0.3 is 14.8 Å². The Hall–Kier alpha value is -2.21. The van der Waals surface area contributed by atoms with Crippen molar-refractivity contribution in [3.05, 3.63) is 35.9 Å². The maximum absolute atomic E-state index is 6.19. The van der Waals surface area contributed by atoms with Crippen molar-refractivity contribution in [1.29, 1.82) is 0 Å². The standard InChI is InChI=1S/C18H22N4O2/c1-11-17(23-15-8-13-5-6-14(9-15)22-13)20-10-21-18(11)24-16-4-3-7-19-12(16)2/h3-4,7,10,13-15,22H,5-6,8-9H2,1-2H3. The highest BCUT2D eigenvalue weighted by atomic mass is 16.5. The van der Waals surface area contributed by atoms with E-state index in [1.165, 1.54) is 19.2 Å². The van der Waals surface area contributed by atoms with Gasteiger partial charge in [-0.25, -0.2) is 9.97 Å². The molecule has 0 spiro atoms. The molecule has 24 heavy (non-hydrogen) atoms. The summed E-state index contributed by atoms with van der Waals surface area (Å²) in [5.74, 6) is 1.84. The summed E-state index contributed by atoms with van der Waals surface area (Å²) in [5.41, 5.74) is 1.65. The number of fused-ring (bicyclic) bond motifs is 2. The Labute approximate surface area is 141 Å². The molecule has 0 aliphatic carbocycles. The van der Waals surface area contributed by atoms with E-state index in [0.29, 0.717) is 29.6 Å². The van der Waals surface area contributed by atoms with Crippen LogP contribution in [0, 0.1) is 13.8 Å². The Bertz CT molecular complexity index is 725. The van der Waals surface area contributed by atoms with E-state index < -0.39 is 0 Å². The van der Waals surface area contributed by atoms with Crippen LogP contribution in [0.1, 0.15) is 36.9 Å². The van der Waals surface area contributed by atoms with Gasteiger partial charge in [-0.2, -0.15) is 0 Å². The van der Waals surface area contributed by atoms with Crippen molar-refractivity contribution >= 4 is 0 Å². The SMILES string of the molecule is Cc1ncccc1Oc1ncnc(OC2CC3CCC(C2)N3)c1C. The third-order valence-electron chi connectivity index (χ3n) is 4.86. The molecule has 2 aliphatic rings. The molecule has 2 fully saturated rings. The van der Waals surface area contributed by atoms with Crippen LogP contribution in [0.25, 0.3) is 0 Å². The maximum Gasteiger partial charge on any atom is 0.229 e. The molecule has 6 nitrogen and oxygen atoms in total. The lowest BCUT2D eigenvalue weighted by Gasteiger charge is -2.29. The zero-order valence-corrected chi connectivity index (χ0v) is 14.0. The van der Waals surface area contributed by atoms with Gasteiger partial charge in [0.25, 0.3) is 0 Å². The van der Waals surface area contributed by atoms with Crippen molar-refractivity contribution in [3.8, 4) is 17.5 Å². The van der Waals surface area contributed by atoms with Crippen molar-refractivity contribution in [2.45, 2.75) is 57.7 Å². The number of piperidine rings is 1. The molecular weight excluding hydrogens is 304 g/mol. The van der Waals surface area contributed by atoms with E-state index in [1.807, 2.05) is 26.0 Å². The van der Waals surface area contributed by atoms with Crippen molar-refractivity contribution in [1.82, 2.24) is 20.3 Å². The van der Waals surface area contributed by atoms with Crippen molar-refractivity contribution in [2.24, 2.45) is 0 Å². The van der Waals surface area contributed by atoms with Crippen molar-refractivity contribution in [2.75, 3.05) is 0 Å². The number of nitrogens with one attached hydrogen (secondary N) is 1. The lowest BCUT2D eigenvalue weighted by molar-refractivity contribution is 0.130. The first kappa shape index (κ1) is 15.3. The van der Waals surface area contributed by atoms with E-state index >= 15 is 0 Å². The normalized spacial score (nSPS) is 25.5. The summed E-state index contributed by atoms with van der Waals surface area (Å²) >= 11 is 0. The average molecular weight is 326 g/mol. The summed E-state index contributed by atoms with van der Waals surface area (Å²) in [7, 11) is 0. The quantitative estimate of drug-likeness (QED) is 0.931. The second kappa shape index (κ2) is 6.36. The van der Waals surface area contributed by atoms with Crippen LogP contribution in [0.2, 0.25) is 0 Å². The van der Waals surface area contributed by atoms with Gasteiger partial charge in [0.15, 0.2) is 5.75 Å². The number of hydrogen-bond donors (Lipinski definition) is 1. The molecule has 0 saturated carbocycles. The number of nitrogens with zero attached hydrogens (tertiary/aromatic N) is 3. The van der Waals surface area contributed by atoms with Gasteiger partial charge in [0.2, 0.25) is 11.8 Å². The van der Waals surface area contributed by atoms with E-state index in [2.05, 4.69) is 20.3 Å². The molecule has 0 amide bonds. The van der Waals surface area contributed by atoms with E-state index in [4.69, 9.17) is 9.47 Å². The average Bonchev–Trinajstić information content (AvgIpc) is 2.92. The summed E-state index contributed by atoms with van der Waals surface area (Å²) in [5, 5.41) is 3.63. The van der Waals surface area contributed by atoms with Gasteiger partial charge in [-0.3, -0.25) is 4.98 Å². The van der Waals surface area contributed by atoms with Crippen LogP contribution < -0.4 is 14.8 Å². The van der Waals surface area contributed by atoms with Gasteiger partial charge in [-0.1, -0.05) is 0 Å². The minimum absolute atomic E-state index is 0.213. The molecule has 2 atom stereocenters. The van der Waals surface area contributed by atoms with Gasteiger partial charge in [-0.05, 0) is 51.7 Å². The van der Waals surface area contributed by atoms with E-state index in [-0.39, 0.29) is 6.10 Å². The minimum Gasteiger partial charge on any atom is -0.474 e. The lowest BCUT2D eigenvalue weighted by atomic mass is 10.0. The summed E-state index contributed by atoms with van der Waals surface area (Å²) in [6.07, 6.45) is 8.04. The first-order chi connectivity index (χ1) is 11.7. The van der Waals surface area contributed by atoms with E-state index in [9.17, 15) is 0 Å². The molecule has 2 bridgehead atoms. The Morgan fingerprint density at radius 2 is 1.79 bits per heavy atom. The van der Waals surface area contributed by atoms with Gasteiger partial charge in [0.1, 0.15) is 12.4 Å². The van der Waals surface area contributed by atoms with Crippen LogP contribution in [-0.2, 0) is 0 Å². The summed E-state index contributed by atoms with van der Waals surface area (Å²) in [4.78, 5) is 12.8. The molecule has 2 aromatic rings. The number of pyridine rings is 1. The first-order valence-electron chi connectivity index (χ1n) is 8.53. The molecule has 2 saturated heterocycles. The maximum atomic E-state index is 6.19. The lowest BCUT2D eigenvalue weighted by Crippen LogP contribution is -2.42. The number of hydrogen-bond acceptors (Lipinski definition) is 6. The van der Waals surface area contributed by atoms with Crippen LogP contribution >= 0.6 is 0 Å². The molecule has 4 heterocycles. The summed E-state index contributed by atoms with van der Waals surface area (Å²) in [6.45, 7) is 3.85. The largest absolute Gasteiger partial charge is 0.474 e. The molecular formula is C18H22N4O2. The van der Waals surface area contributed by atoms with Gasteiger partial charge in [0.05, 0.1) is 11.3 Å². The molecule has 2 aliphatic heterocycles. The zero-order chi connectivity index (χ0) is 16.5. The molecule has 2 aromatic heterocycles. The van der Waals surface area contributed by atoms with Crippen LogP contribution in [0.5, 0.6) is 17.5 Å². The fourth-order valence-corrected chi connectivity index (χ4v) is 3.58. The summed E-state index contributed by atoms with van der Waals surface area (Å²) in [6, 6.07) is 4.91. The van der Waals surface area contributed by atoms with Gasteiger partial charge in [0, 0.05) is 18.3 Å². The van der Waals surface area contributed by atoms with Crippen LogP contribution in [-0.4, -0.2) is 33.1 Å². The molecule has 4 rings (SSSR count). The first-order valence-corrected chi connectivity index (χ1v) is 8.53. The number of aryl methyl sites for hydroxylation is 1. The van der Waals surface area contributed by atoms with Crippen LogP contribution in [0.4, 0.5) is 0 Å². The van der Waals surface area contributed by atoms with Crippen molar-refractivity contribution < 1.29 is 9.47 Å². The summed E-state index contributed by atoms with van der Waals surface area (Å²) < 4.78 is 12.1. The molecule has 2 unspecified atom stereocenters. The third kappa shape index (κ3) is 3.06. The van der Waals surface area contributed by atoms with Gasteiger partial charge in [-0.15, -0.1) is 0 Å². The molecule has 6 heteroatoms. The molecule has 0 radical (unpaired) electrons. The highest BCUT2D eigenvalue weighted by Crippen LogP contribution is 2.32. The van der Waals surface area contributed by atoms with Crippen LogP contribution in [0.3, 0.4) is 0 Å². The van der Waals surface area contributed by atoms with Crippen LogP contribution in [0.15, 0.2) is 24.7 Å². The monoisotopic (exact) mass is 326 g/mol. The Morgan fingerprint density at radius 3 is 2.54 bits per heavy atom. The number of ether oxygens (including phenoxy) is 2. The topological polar surface area (TPSA) is 69.2 Å². The predicted octanol–water partition coefficient (Wildman–Crippen LogP) is 2.94. The Morgan fingerprint density at radius 1 is 1.04 bits per heavy atom. The smallest absolute Gasteiger partial charge is 0.229 e. The second-order valence-electron chi connectivity index (χ2n) is 6.65. The Balaban J connectivity index is 1.51. The predicted molar refractivity (Wildman–Crippen MR) is 89.4 cm³/mol. The fraction of sp³-hybridized carbons (Fsp3) is 0.500. The fourth-order valence-electron chi connectivity index (χ4n) is 3.58. The van der Waals surface area contributed by atoms with E-state index in [0.717, 1.165) is 24.1 Å². The molecule has 0 aromatic carbocycles. The van der Waals surface area contributed by atoms with Crippen molar-refractivity contribution in [3.63, 3.8) is 0 Å². The number of rotatable bonds is 4. The Kier molecular flexibility index (Phi) is 4.06. The number of aromatic nitrogens is 3. The van der Waals surface area contributed by atoms with E-state index in [1.54, 1.807) is 6.20 Å². The molecule has 1 N–H and O–H groups in total. The third-order valence-corrected chi connectivity index (χ3v) is 4.86. The molecule has 126 valence electrons. The second-order valence-corrected chi connectivity index (χ2v) is 6.65.